The van der Waals surface area contributed by atoms with Crippen LogP contribution in [0, 0.1) is 5.41 Å². The quantitative estimate of drug-likeness (QED) is 0.506. The molecule has 0 aliphatic heterocycles. The molecule has 0 radical (unpaired) electrons. The highest BCUT2D eigenvalue weighted by molar-refractivity contribution is 4.76. The summed E-state index contributed by atoms with van der Waals surface area (Å²) in [5, 5.41) is 36.4. The molecule has 14 heavy (non-hydrogen) atoms. The molecular formula is C10H22O4. The molecule has 0 heterocycles. The summed E-state index contributed by atoms with van der Waals surface area (Å²) in [6, 6.07) is 0. The molecule has 0 saturated carbocycles. The lowest BCUT2D eigenvalue weighted by molar-refractivity contribution is -0.0804. The van der Waals surface area contributed by atoms with Crippen molar-refractivity contribution in [3.8, 4) is 0 Å². The van der Waals surface area contributed by atoms with Crippen LogP contribution in [0.25, 0.3) is 0 Å². The standard InChI is InChI=1S/C10H22O4/c1-10(2,3)5-4-7(12)9(14)8(13)6-11/h7-9,11-14H,4-6H2,1-3H3/t7-,8-,9-/m1/s1. The number of hydrogen-bond acceptors (Lipinski definition) is 4. The maximum absolute atomic E-state index is 9.46. The number of hydrogen-bond donors (Lipinski definition) is 4. The predicted molar refractivity (Wildman–Crippen MR) is 53.8 cm³/mol. The Balaban J connectivity index is 3.90. The number of aliphatic hydroxyl groups excluding tert-OH is 4. The van der Waals surface area contributed by atoms with Gasteiger partial charge in [0.05, 0.1) is 12.7 Å². The first-order chi connectivity index (χ1) is 6.28. The van der Waals surface area contributed by atoms with Crippen LogP contribution in [0.4, 0.5) is 0 Å². The fourth-order valence-corrected chi connectivity index (χ4v) is 1.12. The summed E-state index contributed by atoms with van der Waals surface area (Å²) in [4.78, 5) is 0. The molecule has 86 valence electrons. The molecule has 0 saturated heterocycles. The normalized spacial score (nSPS) is 19.1. The lowest BCUT2D eigenvalue weighted by Gasteiger charge is -2.25. The molecule has 0 bridgehead atoms. The van der Waals surface area contributed by atoms with Gasteiger partial charge in [0, 0.05) is 0 Å². The monoisotopic (exact) mass is 206 g/mol. The van der Waals surface area contributed by atoms with Gasteiger partial charge in [0.25, 0.3) is 0 Å². The SMILES string of the molecule is CC(C)(C)CC[C@@H](O)[C@@H](O)[C@H](O)CO. The first-order valence-corrected chi connectivity index (χ1v) is 4.93. The molecule has 4 heteroatoms. The van der Waals surface area contributed by atoms with Crippen LogP contribution in [0.2, 0.25) is 0 Å². The van der Waals surface area contributed by atoms with Crippen molar-refractivity contribution in [2.75, 3.05) is 6.61 Å². The lowest BCUT2D eigenvalue weighted by Crippen LogP contribution is -2.39. The molecule has 0 amide bonds. The molecule has 0 aliphatic rings. The highest BCUT2D eigenvalue weighted by atomic mass is 16.4. The maximum Gasteiger partial charge on any atom is 0.108 e. The largest absolute Gasteiger partial charge is 0.394 e. The summed E-state index contributed by atoms with van der Waals surface area (Å²) in [6.45, 7) is 5.57. The molecule has 0 fully saturated rings. The van der Waals surface area contributed by atoms with Crippen molar-refractivity contribution in [2.45, 2.75) is 51.9 Å². The van der Waals surface area contributed by atoms with E-state index in [0.717, 1.165) is 6.42 Å². The first-order valence-electron chi connectivity index (χ1n) is 4.93. The third-order valence-electron chi connectivity index (χ3n) is 2.17. The van der Waals surface area contributed by atoms with Gasteiger partial charge in [-0.1, -0.05) is 20.8 Å². The Morgan fingerprint density at radius 3 is 1.86 bits per heavy atom. The van der Waals surface area contributed by atoms with Gasteiger partial charge >= 0.3 is 0 Å². The third kappa shape index (κ3) is 5.54. The average molecular weight is 206 g/mol. The summed E-state index contributed by atoms with van der Waals surface area (Å²) in [6.07, 6.45) is -2.32. The molecular weight excluding hydrogens is 184 g/mol. The average Bonchev–Trinajstić information content (AvgIpc) is 2.10. The van der Waals surface area contributed by atoms with Crippen molar-refractivity contribution in [3.05, 3.63) is 0 Å². The minimum absolute atomic E-state index is 0.0882. The van der Waals surface area contributed by atoms with Crippen LogP contribution >= 0.6 is 0 Å². The molecule has 0 aromatic rings. The second-order valence-electron chi connectivity index (χ2n) is 4.91. The van der Waals surface area contributed by atoms with Crippen LogP contribution in [0.1, 0.15) is 33.6 Å². The van der Waals surface area contributed by atoms with E-state index in [9.17, 15) is 10.2 Å². The van der Waals surface area contributed by atoms with Gasteiger partial charge in [0.15, 0.2) is 0 Å². The van der Waals surface area contributed by atoms with Gasteiger partial charge in [0.1, 0.15) is 12.2 Å². The summed E-state index contributed by atoms with van der Waals surface area (Å²) in [5.41, 5.74) is 0.0882. The Hall–Kier alpha value is -0.160. The van der Waals surface area contributed by atoms with E-state index < -0.39 is 24.9 Å². The summed E-state index contributed by atoms with van der Waals surface area (Å²) < 4.78 is 0. The van der Waals surface area contributed by atoms with Gasteiger partial charge in [-0.05, 0) is 18.3 Å². The highest BCUT2D eigenvalue weighted by Gasteiger charge is 2.25. The molecule has 0 unspecified atom stereocenters. The van der Waals surface area contributed by atoms with Gasteiger partial charge < -0.3 is 20.4 Å². The Bertz CT molecular complexity index is 153. The van der Waals surface area contributed by atoms with Crippen LogP contribution in [0.3, 0.4) is 0 Å². The summed E-state index contributed by atoms with van der Waals surface area (Å²) in [5.74, 6) is 0. The minimum Gasteiger partial charge on any atom is -0.394 e. The van der Waals surface area contributed by atoms with Gasteiger partial charge in [0.2, 0.25) is 0 Å². The van der Waals surface area contributed by atoms with Gasteiger partial charge in [-0.3, -0.25) is 0 Å². The zero-order valence-electron chi connectivity index (χ0n) is 9.14. The van der Waals surface area contributed by atoms with E-state index in [1.807, 2.05) is 20.8 Å². The second-order valence-corrected chi connectivity index (χ2v) is 4.91. The Kier molecular flexibility index (Phi) is 5.59. The zero-order valence-corrected chi connectivity index (χ0v) is 9.14. The van der Waals surface area contributed by atoms with Crippen molar-refractivity contribution in [3.63, 3.8) is 0 Å². The number of aliphatic hydroxyl groups is 4. The van der Waals surface area contributed by atoms with Crippen LogP contribution < -0.4 is 0 Å². The lowest BCUT2D eigenvalue weighted by atomic mass is 9.88. The Labute approximate surface area is 85.2 Å². The zero-order chi connectivity index (χ0) is 11.4. The third-order valence-corrected chi connectivity index (χ3v) is 2.17. The second kappa shape index (κ2) is 5.66. The minimum atomic E-state index is -1.26. The van der Waals surface area contributed by atoms with E-state index >= 15 is 0 Å². The van der Waals surface area contributed by atoms with E-state index in [2.05, 4.69) is 0 Å². The molecule has 3 atom stereocenters. The van der Waals surface area contributed by atoms with E-state index in [0.29, 0.717) is 6.42 Å². The molecule has 0 aromatic carbocycles. The fourth-order valence-electron chi connectivity index (χ4n) is 1.12. The Morgan fingerprint density at radius 2 is 1.50 bits per heavy atom. The highest BCUT2D eigenvalue weighted by Crippen LogP contribution is 2.22. The molecule has 4 nitrogen and oxygen atoms in total. The van der Waals surface area contributed by atoms with Crippen LogP contribution in [-0.2, 0) is 0 Å². The molecule has 4 N–H and O–H groups in total. The maximum atomic E-state index is 9.46. The van der Waals surface area contributed by atoms with Crippen molar-refractivity contribution in [2.24, 2.45) is 5.41 Å². The summed E-state index contributed by atoms with van der Waals surface area (Å²) >= 11 is 0. The molecule has 0 spiro atoms. The van der Waals surface area contributed by atoms with E-state index in [1.165, 1.54) is 0 Å². The van der Waals surface area contributed by atoms with E-state index in [-0.39, 0.29) is 5.41 Å². The van der Waals surface area contributed by atoms with Gasteiger partial charge in [-0.15, -0.1) is 0 Å². The van der Waals surface area contributed by atoms with Gasteiger partial charge in [-0.2, -0.15) is 0 Å². The molecule has 0 aromatic heterocycles. The Morgan fingerprint density at radius 1 is 1.00 bits per heavy atom. The topological polar surface area (TPSA) is 80.9 Å². The van der Waals surface area contributed by atoms with Crippen molar-refractivity contribution in [1.82, 2.24) is 0 Å². The fraction of sp³-hybridized carbons (Fsp3) is 1.00. The van der Waals surface area contributed by atoms with E-state index in [1.54, 1.807) is 0 Å². The van der Waals surface area contributed by atoms with Crippen LogP contribution in [0.15, 0.2) is 0 Å². The van der Waals surface area contributed by atoms with Crippen LogP contribution in [-0.4, -0.2) is 45.3 Å². The van der Waals surface area contributed by atoms with Gasteiger partial charge in [-0.25, -0.2) is 0 Å². The first kappa shape index (κ1) is 13.8. The summed E-state index contributed by atoms with van der Waals surface area (Å²) in [7, 11) is 0. The van der Waals surface area contributed by atoms with Crippen molar-refractivity contribution >= 4 is 0 Å². The molecule has 0 aliphatic carbocycles. The van der Waals surface area contributed by atoms with Crippen molar-refractivity contribution < 1.29 is 20.4 Å². The van der Waals surface area contributed by atoms with Crippen molar-refractivity contribution in [1.29, 1.82) is 0 Å². The predicted octanol–water partition coefficient (Wildman–Crippen LogP) is -0.112. The molecule has 0 rings (SSSR count). The smallest absolute Gasteiger partial charge is 0.108 e. The van der Waals surface area contributed by atoms with Crippen LogP contribution in [0.5, 0.6) is 0 Å². The number of rotatable bonds is 5. The van der Waals surface area contributed by atoms with E-state index in [4.69, 9.17) is 10.2 Å².